The molecular formula is C21H31N5O2. The normalized spacial score (nSPS) is 20.0. The first-order valence-corrected chi connectivity index (χ1v) is 10.2. The van der Waals surface area contributed by atoms with Crippen molar-refractivity contribution in [3.8, 4) is 0 Å². The highest BCUT2D eigenvalue weighted by molar-refractivity contribution is 5.78. The fourth-order valence-corrected chi connectivity index (χ4v) is 3.74. The molecule has 0 aromatic carbocycles. The first-order valence-electron chi connectivity index (χ1n) is 10.2. The molecule has 1 aliphatic carbocycles. The summed E-state index contributed by atoms with van der Waals surface area (Å²) in [5.74, 6) is 0.695. The molecule has 0 spiro atoms. The minimum atomic E-state index is -0.00597. The molecule has 0 atom stereocenters. The van der Waals surface area contributed by atoms with Gasteiger partial charge in [0, 0.05) is 41.2 Å². The SMILES string of the molecule is Cc1cc2cnc(NC3CCC(NC(=O)C(C)C)CC3)nc2n(C(C)C)c1=O. The Morgan fingerprint density at radius 1 is 1.14 bits per heavy atom. The van der Waals surface area contributed by atoms with Gasteiger partial charge >= 0.3 is 0 Å². The third kappa shape index (κ3) is 4.34. The highest BCUT2D eigenvalue weighted by Gasteiger charge is 2.24. The van der Waals surface area contributed by atoms with E-state index in [1.165, 1.54) is 0 Å². The molecule has 0 bridgehead atoms. The van der Waals surface area contributed by atoms with Crippen LogP contribution in [0.3, 0.4) is 0 Å². The molecule has 1 amide bonds. The Kier molecular flexibility index (Phi) is 6.01. The lowest BCUT2D eigenvalue weighted by Gasteiger charge is -2.30. The van der Waals surface area contributed by atoms with Crippen LogP contribution in [0, 0.1) is 12.8 Å². The summed E-state index contributed by atoms with van der Waals surface area (Å²) in [6, 6.07) is 2.40. The number of hydrogen-bond donors (Lipinski definition) is 2. The zero-order chi connectivity index (χ0) is 20.4. The standard InChI is InChI=1S/C21H31N5O2/c1-12(2)19(27)23-16-6-8-17(9-7-16)24-21-22-11-15-10-14(5)20(28)26(13(3)4)18(15)25-21/h10-13,16-17H,6-9H2,1-5H3,(H,23,27)(H,22,24,25). The number of nitrogens with one attached hydrogen (secondary N) is 2. The molecule has 0 saturated heterocycles. The maximum absolute atomic E-state index is 12.5. The maximum Gasteiger partial charge on any atom is 0.255 e. The van der Waals surface area contributed by atoms with E-state index in [9.17, 15) is 9.59 Å². The average molecular weight is 386 g/mol. The van der Waals surface area contributed by atoms with Gasteiger partial charge in [-0.05, 0) is 52.5 Å². The fourth-order valence-electron chi connectivity index (χ4n) is 3.74. The van der Waals surface area contributed by atoms with Crippen LogP contribution in [0.2, 0.25) is 0 Å². The van der Waals surface area contributed by atoms with Gasteiger partial charge in [-0.3, -0.25) is 14.2 Å². The van der Waals surface area contributed by atoms with Gasteiger partial charge in [0.05, 0.1) is 0 Å². The van der Waals surface area contributed by atoms with Crippen molar-refractivity contribution in [3.63, 3.8) is 0 Å². The number of fused-ring (bicyclic) bond motifs is 1. The van der Waals surface area contributed by atoms with E-state index in [2.05, 4.69) is 20.6 Å². The van der Waals surface area contributed by atoms with E-state index in [1.54, 1.807) is 10.8 Å². The summed E-state index contributed by atoms with van der Waals surface area (Å²) in [6.45, 7) is 9.63. The molecule has 0 aliphatic heterocycles. The summed E-state index contributed by atoms with van der Waals surface area (Å²) >= 11 is 0. The summed E-state index contributed by atoms with van der Waals surface area (Å²) in [6.07, 6.45) is 5.58. The van der Waals surface area contributed by atoms with Gasteiger partial charge in [-0.15, -0.1) is 0 Å². The quantitative estimate of drug-likeness (QED) is 0.825. The second-order valence-corrected chi connectivity index (χ2v) is 8.42. The Hall–Kier alpha value is -2.44. The number of nitrogens with zero attached hydrogens (tertiary/aromatic N) is 3. The van der Waals surface area contributed by atoms with Gasteiger partial charge in [0.15, 0.2) is 0 Å². The van der Waals surface area contributed by atoms with Gasteiger partial charge in [0.25, 0.3) is 5.56 Å². The molecule has 2 N–H and O–H groups in total. The van der Waals surface area contributed by atoms with Crippen molar-refractivity contribution in [1.29, 1.82) is 0 Å². The molecule has 28 heavy (non-hydrogen) atoms. The van der Waals surface area contributed by atoms with E-state index in [0.717, 1.165) is 31.1 Å². The minimum absolute atomic E-state index is 0.00597. The molecule has 2 heterocycles. The van der Waals surface area contributed by atoms with Gasteiger partial charge in [-0.2, -0.15) is 4.98 Å². The average Bonchev–Trinajstić information content (AvgIpc) is 2.64. The van der Waals surface area contributed by atoms with Crippen molar-refractivity contribution in [1.82, 2.24) is 19.9 Å². The molecule has 1 fully saturated rings. The summed E-state index contributed by atoms with van der Waals surface area (Å²) in [5.41, 5.74) is 1.36. The number of carbonyl (C=O) groups excluding carboxylic acids is 1. The third-order valence-electron chi connectivity index (χ3n) is 5.40. The smallest absolute Gasteiger partial charge is 0.255 e. The molecular weight excluding hydrogens is 354 g/mol. The van der Waals surface area contributed by atoms with Crippen LogP contribution in [-0.2, 0) is 4.79 Å². The van der Waals surface area contributed by atoms with Crippen molar-refractivity contribution in [3.05, 3.63) is 28.2 Å². The zero-order valence-corrected chi connectivity index (χ0v) is 17.5. The maximum atomic E-state index is 12.5. The van der Waals surface area contributed by atoms with E-state index < -0.39 is 0 Å². The molecule has 3 rings (SSSR count). The Morgan fingerprint density at radius 2 is 1.79 bits per heavy atom. The molecule has 2 aromatic heterocycles. The minimum Gasteiger partial charge on any atom is -0.353 e. The molecule has 0 radical (unpaired) electrons. The van der Waals surface area contributed by atoms with Crippen molar-refractivity contribution in [2.24, 2.45) is 5.92 Å². The Labute approximate surface area is 166 Å². The van der Waals surface area contributed by atoms with Crippen LogP contribution < -0.4 is 16.2 Å². The van der Waals surface area contributed by atoms with Crippen LogP contribution in [0.5, 0.6) is 0 Å². The lowest BCUT2D eigenvalue weighted by molar-refractivity contribution is -0.124. The lowest BCUT2D eigenvalue weighted by atomic mass is 9.91. The van der Waals surface area contributed by atoms with Crippen LogP contribution >= 0.6 is 0 Å². The molecule has 152 valence electrons. The number of aromatic nitrogens is 3. The Bertz CT molecular complexity index is 911. The van der Waals surface area contributed by atoms with E-state index in [4.69, 9.17) is 0 Å². The van der Waals surface area contributed by atoms with Gasteiger partial charge in [0.1, 0.15) is 5.65 Å². The highest BCUT2D eigenvalue weighted by Crippen LogP contribution is 2.23. The van der Waals surface area contributed by atoms with Crippen molar-refractivity contribution in [2.45, 2.75) is 78.4 Å². The third-order valence-corrected chi connectivity index (χ3v) is 5.40. The molecule has 1 saturated carbocycles. The van der Waals surface area contributed by atoms with E-state index in [0.29, 0.717) is 17.2 Å². The van der Waals surface area contributed by atoms with Crippen molar-refractivity contribution in [2.75, 3.05) is 5.32 Å². The molecule has 1 aliphatic rings. The van der Waals surface area contributed by atoms with E-state index >= 15 is 0 Å². The number of hydrogen-bond acceptors (Lipinski definition) is 5. The Balaban J connectivity index is 1.72. The highest BCUT2D eigenvalue weighted by atomic mass is 16.2. The van der Waals surface area contributed by atoms with Crippen LogP contribution in [0.4, 0.5) is 5.95 Å². The number of pyridine rings is 1. The molecule has 2 aromatic rings. The summed E-state index contributed by atoms with van der Waals surface area (Å²) in [5, 5.41) is 7.41. The largest absolute Gasteiger partial charge is 0.353 e. The van der Waals surface area contributed by atoms with Crippen LogP contribution in [0.25, 0.3) is 11.0 Å². The van der Waals surface area contributed by atoms with Gasteiger partial charge < -0.3 is 10.6 Å². The lowest BCUT2D eigenvalue weighted by Crippen LogP contribution is -2.41. The topological polar surface area (TPSA) is 88.9 Å². The molecule has 7 nitrogen and oxygen atoms in total. The van der Waals surface area contributed by atoms with Crippen LogP contribution in [0.1, 0.15) is 65.0 Å². The number of aryl methyl sites for hydroxylation is 1. The second-order valence-electron chi connectivity index (χ2n) is 8.42. The van der Waals surface area contributed by atoms with Crippen LogP contribution in [0.15, 0.2) is 17.1 Å². The first kappa shape index (κ1) is 20.3. The van der Waals surface area contributed by atoms with Crippen LogP contribution in [-0.4, -0.2) is 32.5 Å². The number of rotatable bonds is 5. The predicted octanol–water partition coefficient (Wildman–Crippen LogP) is 3.18. The van der Waals surface area contributed by atoms with Crippen molar-refractivity contribution >= 4 is 22.9 Å². The summed E-state index contributed by atoms with van der Waals surface area (Å²) in [7, 11) is 0. The first-order chi connectivity index (χ1) is 13.3. The molecule has 0 unspecified atom stereocenters. The molecule has 7 heteroatoms. The summed E-state index contributed by atoms with van der Waals surface area (Å²) in [4.78, 5) is 33.5. The predicted molar refractivity (Wildman–Crippen MR) is 112 cm³/mol. The van der Waals surface area contributed by atoms with Gasteiger partial charge in [-0.1, -0.05) is 13.8 Å². The second kappa shape index (κ2) is 8.29. The van der Waals surface area contributed by atoms with Crippen molar-refractivity contribution < 1.29 is 4.79 Å². The van der Waals surface area contributed by atoms with E-state index in [-0.39, 0.29) is 35.5 Å². The number of carbonyl (C=O) groups is 1. The number of amides is 1. The zero-order valence-electron chi connectivity index (χ0n) is 17.5. The number of anilines is 1. The Morgan fingerprint density at radius 3 is 2.39 bits per heavy atom. The van der Waals surface area contributed by atoms with Gasteiger partial charge in [-0.25, -0.2) is 4.98 Å². The van der Waals surface area contributed by atoms with Gasteiger partial charge in [0.2, 0.25) is 11.9 Å². The monoisotopic (exact) mass is 385 g/mol. The van der Waals surface area contributed by atoms with E-state index in [1.807, 2.05) is 40.7 Å². The summed E-state index contributed by atoms with van der Waals surface area (Å²) < 4.78 is 1.73. The fraction of sp³-hybridized carbons (Fsp3) is 0.619.